The van der Waals surface area contributed by atoms with E-state index >= 15 is 0 Å². The van der Waals surface area contributed by atoms with E-state index in [4.69, 9.17) is 28.3 Å². The Morgan fingerprint density at radius 1 is 1.05 bits per heavy atom. The van der Waals surface area contributed by atoms with Crippen LogP contribution in [-0.4, -0.2) is 17.0 Å². The van der Waals surface area contributed by atoms with Crippen molar-refractivity contribution in [3.8, 4) is 0 Å². The lowest BCUT2D eigenvalue weighted by atomic mass is 10.1. The van der Waals surface area contributed by atoms with Crippen LogP contribution in [0.4, 0.5) is 5.69 Å². The molecule has 0 spiro atoms. The van der Waals surface area contributed by atoms with Crippen LogP contribution in [0.1, 0.15) is 26.3 Å². The van der Waals surface area contributed by atoms with E-state index in [0.717, 1.165) is 5.56 Å². The molecule has 0 aromatic heterocycles. The number of carbonyl (C=O) groups excluding carboxylic acids is 1. The second-order valence-corrected chi connectivity index (χ2v) is 5.32. The van der Waals surface area contributed by atoms with Gasteiger partial charge in [0, 0.05) is 21.3 Å². The predicted octanol–water partition coefficient (Wildman–Crippen LogP) is 4.25. The molecule has 0 bridgehead atoms. The predicted molar refractivity (Wildman–Crippen MR) is 82.6 cm³/mol. The third-order valence-electron chi connectivity index (χ3n) is 2.84. The summed E-state index contributed by atoms with van der Waals surface area (Å²) >= 11 is 11.7. The Balaban J connectivity index is 2.29. The van der Waals surface area contributed by atoms with E-state index in [2.05, 4.69) is 5.32 Å². The molecule has 0 saturated heterocycles. The molecule has 2 aromatic rings. The van der Waals surface area contributed by atoms with Gasteiger partial charge in [-0.2, -0.15) is 0 Å². The van der Waals surface area contributed by atoms with E-state index in [0.29, 0.717) is 16.3 Å². The van der Waals surface area contributed by atoms with Gasteiger partial charge in [0.05, 0.1) is 5.56 Å². The lowest BCUT2D eigenvalue weighted by molar-refractivity contribution is 0.0696. The molecule has 2 N–H and O–H groups in total. The Morgan fingerprint density at radius 3 is 2.38 bits per heavy atom. The molecule has 108 valence electrons. The van der Waals surface area contributed by atoms with Crippen LogP contribution in [-0.2, 0) is 0 Å². The zero-order valence-electron chi connectivity index (χ0n) is 11.0. The average Bonchev–Trinajstić information content (AvgIpc) is 2.37. The van der Waals surface area contributed by atoms with Crippen molar-refractivity contribution in [1.82, 2.24) is 0 Å². The molecule has 1 amide bonds. The number of aryl methyl sites for hydroxylation is 1. The zero-order valence-corrected chi connectivity index (χ0v) is 12.5. The molecule has 6 heteroatoms. The second-order valence-electron chi connectivity index (χ2n) is 4.45. The van der Waals surface area contributed by atoms with Crippen LogP contribution in [0, 0.1) is 6.92 Å². The Kier molecular flexibility index (Phi) is 4.50. The van der Waals surface area contributed by atoms with Crippen LogP contribution in [0.25, 0.3) is 0 Å². The summed E-state index contributed by atoms with van der Waals surface area (Å²) in [6.07, 6.45) is 0. The van der Waals surface area contributed by atoms with Crippen LogP contribution in [0.5, 0.6) is 0 Å². The third kappa shape index (κ3) is 3.74. The summed E-state index contributed by atoms with van der Waals surface area (Å²) in [5.74, 6) is -1.47. The number of carbonyl (C=O) groups is 2. The number of carboxylic acids is 1. The van der Waals surface area contributed by atoms with Gasteiger partial charge in [0.1, 0.15) is 0 Å². The van der Waals surface area contributed by atoms with Crippen molar-refractivity contribution in [3.63, 3.8) is 0 Å². The van der Waals surface area contributed by atoms with Gasteiger partial charge in [-0.3, -0.25) is 4.79 Å². The molecule has 0 aliphatic rings. The van der Waals surface area contributed by atoms with Crippen LogP contribution < -0.4 is 5.32 Å². The average molecular weight is 324 g/mol. The van der Waals surface area contributed by atoms with Crippen molar-refractivity contribution in [3.05, 3.63) is 63.1 Å². The number of benzene rings is 2. The maximum Gasteiger partial charge on any atom is 0.335 e. The summed E-state index contributed by atoms with van der Waals surface area (Å²) in [5, 5.41) is 12.4. The fourth-order valence-electron chi connectivity index (χ4n) is 1.87. The normalized spacial score (nSPS) is 10.2. The maximum absolute atomic E-state index is 12.2. The first-order chi connectivity index (χ1) is 9.86. The van der Waals surface area contributed by atoms with Crippen molar-refractivity contribution in [2.75, 3.05) is 5.32 Å². The highest BCUT2D eigenvalue weighted by Gasteiger charge is 2.12. The Bertz CT molecular complexity index is 729. The number of rotatable bonds is 3. The Labute approximate surface area is 131 Å². The fraction of sp³-hybridized carbons (Fsp3) is 0.0667. The third-order valence-corrected chi connectivity index (χ3v) is 3.29. The Morgan fingerprint density at radius 2 is 1.76 bits per heavy atom. The summed E-state index contributed by atoms with van der Waals surface area (Å²) in [6.45, 7) is 1.77. The molecule has 0 fully saturated rings. The van der Waals surface area contributed by atoms with Gasteiger partial charge in [-0.15, -0.1) is 0 Å². The van der Waals surface area contributed by atoms with E-state index in [1.165, 1.54) is 18.2 Å². The van der Waals surface area contributed by atoms with Crippen molar-refractivity contribution in [2.45, 2.75) is 6.92 Å². The van der Waals surface area contributed by atoms with Crippen molar-refractivity contribution in [1.29, 1.82) is 0 Å². The number of amides is 1. The summed E-state index contributed by atoms with van der Waals surface area (Å²) in [4.78, 5) is 23.2. The van der Waals surface area contributed by atoms with E-state index in [1.54, 1.807) is 25.1 Å². The number of carboxylic acid groups (broad SMARTS) is 1. The molecule has 4 nitrogen and oxygen atoms in total. The van der Waals surface area contributed by atoms with Crippen LogP contribution in [0.2, 0.25) is 10.0 Å². The van der Waals surface area contributed by atoms with Gasteiger partial charge in [-0.25, -0.2) is 4.79 Å². The first-order valence-corrected chi connectivity index (χ1v) is 6.74. The second kappa shape index (κ2) is 6.16. The minimum atomic E-state index is -1.12. The number of hydrogen-bond acceptors (Lipinski definition) is 2. The number of aromatic carboxylic acids is 1. The summed E-state index contributed by atoms with van der Waals surface area (Å²) in [7, 11) is 0. The fourth-order valence-corrected chi connectivity index (χ4v) is 2.33. The minimum Gasteiger partial charge on any atom is -0.478 e. The van der Waals surface area contributed by atoms with Crippen LogP contribution in [0.3, 0.4) is 0 Å². The van der Waals surface area contributed by atoms with E-state index in [1.807, 2.05) is 0 Å². The SMILES string of the molecule is Cc1cc(Cl)ccc1C(=O)Nc1cc(Cl)cc(C(=O)O)c1. The molecule has 0 heterocycles. The highest BCUT2D eigenvalue weighted by Crippen LogP contribution is 2.21. The van der Waals surface area contributed by atoms with Crippen molar-refractivity contribution in [2.24, 2.45) is 0 Å². The largest absolute Gasteiger partial charge is 0.478 e. The molecule has 0 saturated carbocycles. The first kappa shape index (κ1) is 15.4. The van der Waals surface area contributed by atoms with Gasteiger partial charge in [-0.1, -0.05) is 23.2 Å². The minimum absolute atomic E-state index is 0.00521. The van der Waals surface area contributed by atoms with E-state index < -0.39 is 5.97 Å². The quantitative estimate of drug-likeness (QED) is 0.887. The first-order valence-electron chi connectivity index (χ1n) is 5.98. The summed E-state index contributed by atoms with van der Waals surface area (Å²) in [5.41, 5.74) is 1.50. The maximum atomic E-state index is 12.2. The lowest BCUT2D eigenvalue weighted by Crippen LogP contribution is -2.13. The highest BCUT2D eigenvalue weighted by molar-refractivity contribution is 6.31. The molecule has 0 aliphatic heterocycles. The number of hydrogen-bond donors (Lipinski definition) is 2. The van der Waals surface area contributed by atoms with E-state index in [9.17, 15) is 9.59 Å². The van der Waals surface area contributed by atoms with E-state index in [-0.39, 0.29) is 16.5 Å². The Hall–Kier alpha value is -2.04. The zero-order chi connectivity index (χ0) is 15.6. The summed E-state index contributed by atoms with van der Waals surface area (Å²) in [6, 6.07) is 9.04. The smallest absolute Gasteiger partial charge is 0.335 e. The monoisotopic (exact) mass is 323 g/mol. The summed E-state index contributed by atoms with van der Waals surface area (Å²) < 4.78 is 0. The molecular weight excluding hydrogens is 313 g/mol. The van der Waals surface area contributed by atoms with Gasteiger partial charge in [0.2, 0.25) is 0 Å². The van der Waals surface area contributed by atoms with Gasteiger partial charge >= 0.3 is 5.97 Å². The van der Waals surface area contributed by atoms with Gasteiger partial charge in [0.15, 0.2) is 0 Å². The lowest BCUT2D eigenvalue weighted by Gasteiger charge is -2.09. The topological polar surface area (TPSA) is 66.4 Å². The number of anilines is 1. The standard InChI is InChI=1S/C15H11Cl2NO3/c1-8-4-10(16)2-3-13(8)14(19)18-12-6-9(15(20)21)5-11(17)7-12/h2-7H,1H3,(H,18,19)(H,20,21). The number of halogens is 2. The van der Waals surface area contributed by atoms with Gasteiger partial charge in [0.25, 0.3) is 5.91 Å². The molecule has 2 aromatic carbocycles. The van der Waals surface area contributed by atoms with Gasteiger partial charge < -0.3 is 10.4 Å². The highest BCUT2D eigenvalue weighted by atomic mass is 35.5. The molecular formula is C15H11Cl2NO3. The molecule has 0 aliphatic carbocycles. The molecule has 0 unspecified atom stereocenters. The molecule has 0 radical (unpaired) electrons. The van der Waals surface area contributed by atoms with Gasteiger partial charge in [-0.05, 0) is 48.9 Å². The van der Waals surface area contributed by atoms with Crippen molar-refractivity contribution < 1.29 is 14.7 Å². The van der Waals surface area contributed by atoms with Crippen LogP contribution >= 0.6 is 23.2 Å². The van der Waals surface area contributed by atoms with Crippen LogP contribution in [0.15, 0.2) is 36.4 Å². The molecule has 0 atom stereocenters. The van der Waals surface area contributed by atoms with Crippen molar-refractivity contribution >= 4 is 40.8 Å². The number of nitrogens with one attached hydrogen (secondary N) is 1. The molecule has 2 rings (SSSR count). The molecule has 21 heavy (non-hydrogen) atoms.